The predicted octanol–water partition coefficient (Wildman–Crippen LogP) is 1.91. The van der Waals surface area contributed by atoms with Crippen molar-refractivity contribution in [1.29, 1.82) is 0 Å². The number of nitrogens with zero attached hydrogens (tertiary/aromatic N) is 1. The van der Waals surface area contributed by atoms with Crippen LogP contribution in [0.25, 0.3) is 0 Å². The van der Waals surface area contributed by atoms with E-state index < -0.39 is 0 Å². The third-order valence-electron chi connectivity index (χ3n) is 3.18. The van der Waals surface area contributed by atoms with Crippen molar-refractivity contribution in [2.75, 3.05) is 19.6 Å². The highest BCUT2D eigenvalue weighted by Gasteiger charge is 2.24. The Labute approximate surface area is 112 Å². The Balaban J connectivity index is 0.00000144. The smallest absolute Gasteiger partial charge is 0.222 e. The normalized spacial score (nSPS) is 19.1. The number of carbonyl (C=O) groups is 1. The summed E-state index contributed by atoms with van der Waals surface area (Å²) in [5, 5.41) is 4.17. The Morgan fingerprint density at radius 1 is 1.59 bits per heavy atom. The molecule has 3 nitrogen and oxygen atoms in total. The molecule has 17 heavy (non-hydrogen) atoms. The van der Waals surface area contributed by atoms with Crippen molar-refractivity contribution in [1.82, 2.24) is 4.90 Å². The zero-order valence-electron chi connectivity index (χ0n) is 9.80. The van der Waals surface area contributed by atoms with Crippen LogP contribution in [0.2, 0.25) is 0 Å². The summed E-state index contributed by atoms with van der Waals surface area (Å²) in [4.78, 5) is 13.9. The molecule has 1 atom stereocenters. The van der Waals surface area contributed by atoms with Crippen LogP contribution in [-0.2, 0) is 11.2 Å². The first-order valence-corrected chi connectivity index (χ1v) is 6.73. The molecule has 0 radical (unpaired) electrons. The average molecular weight is 275 g/mol. The maximum atomic E-state index is 11.9. The van der Waals surface area contributed by atoms with Gasteiger partial charge in [0.1, 0.15) is 0 Å². The van der Waals surface area contributed by atoms with Crippen molar-refractivity contribution >= 4 is 29.7 Å². The van der Waals surface area contributed by atoms with E-state index in [9.17, 15) is 4.79 Å². The highest BCUT2D eigenvalue weighted by molar-refractivity contribution is 7.07. The van der Waals surface area contributed by atoms with Crippen molar-refractivity contribution in [3.8, 4) is 0 Å². The van der Waals surface area contributed by atoms with Crippen LogP contribution in [0.15, 0.2) is 16.8 Å². The van der Waals surface area contributed by atoms with Crippen LogP contribution in [0.3, 0.4) is 0 Å². The van der Waals surface area contributed by atoms with Gasteiger partial charge >= 0.3 is 0 Å². The lowest BCUT2D eigenvalue weighted by Crippen LogP contribution is -2.29. The maximum absolute atomic E-state index is 11.9. The fraction of sp³-hybridized carbons (Fsp3) is 0.583. The predicted molar refractivity (Wildman–Crippen MR) is 73.6 cm³/mol. The molecule has 1 aliphatic heterocycles. The lowest BCUT2D eigenvalue weighted by atomic mass is 10.1. The zero-order chi connectivity index (χ0) is 11.4. The lowest BCUT2D eigenvalue weighted by Gasteiger charge is -2.15. The summed E-state index contributed by atoms with van der Waals surface area (Å²) in [7, 11) is 0. The number of aryl methyl sites for hydroxylation is 1. The number of hydrogen-bond acceptors (Lipinski definition) is 3. The SMILES string of the molecule is Cl.NCC1CCN(C(=O)CCc2ccsc2)C1. The third kappa shape index (κ3) is 3.98. The number of hydrogen-bond donors (Lipinski definition) is 1. The van der Waals surface area contributed by atoms with E-state index in [-0.39, 0.29) is 18.3 Å². The van der Waals surface area contributed by atoms with Crippen molar-refractivity contribution < 1.29 is 4.79 Å². The second kappa shape index (κ2) is 6.99. The van der Waals surface area contributed by atoms with Crippen molar-refractivity contribution in [3.05, 3.63) is 22.4 Å². The summed E-state index contributed by atoms with van der Waals surface area (Å²) in [6.07, 6.45) is 2.57. The number of likely N-dealkylation sites (tertiary alicyclic amines) is 1. The van der Waals surface area contributed by atoms with Gasteiger partial charge in [-0.05, 0) is 47.7 Å². The maximum Gasteiger partial charge on any atom is 0.222 e. The molecule has 1 saturated heterocycles. The molecular formula is C12H19ClN2OS. The van der Waals surface area contributed by atoms with Gasteiger partial charge in [-0.25, -0.2) is 0 Å². The third-order valence-corrected chi connectivity index (χ3v) is 3.91. The molecule has 1 aromatic heterocycles. The van der Waals surface area contributed by atoms with E-state index in [0.717, 1.165) is 25.9 Å². The van der Waals surface area contributed by atoms with Crippen LogP contribution >= 0.6 is 23.7 Å². The molecule has 0 aromatic carbocycles. The first-order chi connectivity index (χ1) is 7.79. The van der Waals surface area contributed by atoms with Crippen LogP contribution in [-0.4, -0.2) is 30.4 Å². The molecule has 0 saturated carbocycles. The zero-order valence-corrected chi connectivity index (χ0v) is 11.4. The Kier molecular flexibility index (Phi) is 5.95. The van der Waals surface area contributed by atoms with E-state index in [4.69, 9.17) is 5.73 Å². The quantitative estimate of drug-likeness (QED) is 0.912. The van der Waals surface area contributed by atoms with Gasteiger partial charge in [0.2, 0.25) is 5.91 Å². The number of thiophene rings is 1. The molecule has 1 aliphatic rings. The Morgan fingerprint density at radius 2 is 2.41 bits per heavy atom. The van der Waals surface area contributed by atoms with E-state index >= 15 is 0 Å². The molecule has 2 N–H and O–H groups in total. The molecular weight excluding hydrogens is 256 g/mol. The van der Waals surface area contributed by atoms with Crippen molar-refractivity contribution in [2.45, 2.75) is 19.3 Å². The summed E-state index contributed by atoms with van der Waals surface area (Å²) in [6, 6.07) is 2.09. The number of amides is 1. The highest BCUT2D eigenvalue weighted by Crippen LogP contribution is 2.17. The molecule has 0 aliphatic carbocycles. The number of rotatable bonds is 4. The van der Waals surface area contributed by atoms with Crippen molar-refractivity contribution in [3.63, 3.8) is 0 Å². The van der Waals surface area contributed by atoms with E-state index in [1.165, 1.54) is 5.56 Å². The van der Waals surface area contributed by atoms with Gasteiger partial charge < -0.3 is 10.6 Å². The second-order valence-electron chi connectivity index (χ2n) is 4.36. The van der Waals surface area contributed by atoms with Gasteiger partial charge in [-0.3, -0.25) is 4.79 Å². The monoisotopic (exact) mass is 274 g/mol. The Hall–Kier alpha value is -0.580. The topological polar surface area (TPSA) is 46.3 Å². The molecule has 2 heterocycles. The number of halogens is 1. The summed E-state index contributed by atoms with van der Waals surface area (Å²) in [5.74, 6) is 0.798. The van der Waals surface area contributed by atoms with E-state index in [1.54, 1.807) is 11.3 Å². The first-order valence-electron chi connectivity index (χ1n) is 5.78. The fourth-order valence-electron chi connectivity index (χ4n) is 2.10. The van der Waals surface area contributed by atoms with Gasteiger partial charge in [0, 0.05) is 19.5 Å². The summed E-state index contributed by atoms with van der Waals surface area (Å²) < 4.78 is 0. The molecule has 1 amide bonds. The van der Waals surface area contributed by atoms with Crippen LogP contribution in [0, 0.1) is 5.92 Å². The molecule has 1 aromatic rings. The molecule has 1 unspecified atom stereocenters. The second-order valence-corrected chi connectivity index (χ2v) is 5.14. The molecule has 96 valence electrons. The van der Waals surface area contributed by atoms with Gasteiger partial charge in [0.15, 0.2) is 0 Å². The largest absolute Gasteiger partial charge is 0.342 e. The average Bonchev–Trinajstić information content (AvgIpc) is 2.96. The van der Waals surface area contributed by atoms with E-state index in [2.05, 4.69) is 16.8 Å². The van der Waals surface area contributed by atoms with Gasteiger partial charge in [-0.1, -0.05) is 0 Å². The molecule has 2 rings (SSSR count). The van der Waals surface area contributed by atoms with Gasteiger partial charge in [0.05, 0.1) is 0 Å². The van der Waals surface area contributed by atoms with Crippen LogP contribution < -0.4 is 5.73 Å². The minimum Gasteiger partial charge on any atom is -0.342 e. The van der Waals surface area contributed by atoms with Crippen molar-refractivity contribution in [2.24, 2.45) is 11.7 Å². The lowest BCUT2D eigenvalue weighted by molar-refractivity contribution is -0.130. The van der Waals surface area contributed by atoms with Crippen LogP contribution in [0.4, 0.5) is 0 Å². The first kappa shape index (κ1) is 14.5. The van der Waals surface area contributed by atoms with Crippen LogP contribution in [0.1, 0.15) is 18.4 Å². The highest BCUT2D eigenvalue weighted by atomic mass is 35.5. The summed E-state index contributed by atoms with van der Waals surface area (Å²) >= 11 is 1.69. The Bertz CT molecular complexity index is 342. The summed E-state index contributed by atoms with van der Waals surface area (Å²) in [5.41, 5.74) is 6.88. The van der Waals surface area contributed by atoms with E-state index in [0.29, 0.717) is 18.9 Å². The number of nitrogens with two attached hydrogens (primary N) is 1. The van der Waals surface area contributed by atoms with Crippen LogP contribution in [0.5, 0.6) is 0 Å². The summed E-state index contributed by atoms with van der Waals surface area (Å²) in [6.45, 7) is 2.46. The van der Waals surface area contributed by atoms with Gasteiger partial charge in [0.25, 0.3) is 0 Å². The molecule has 0 bridgehead atoms. The minimum atomic E-state index is 0. The molecule has 0 spiro atoms. The van der Waals surface area contributed by atoms with Gasteiger partial charge in [-0.2, -0.15) is 11.3 Å². The fourth-order valence-corrected chi connectivity index (χ4v) is 2.80. The van der Waals surface area contributed by atoms with E-state index in [1.807, 2.05) is 4.90 Å². The molecule has 5 heteroatoms. The number of carbonyl (C=O) groups excluding carboxylic acids is 1. The standard InChI is InChI=1S/C12H18N2OS.ClH/c13-7-11-3-5-14(8-11)12(15)2-1-10-4-6-16-9-10;/h4,6,9,11H,1-3,5,7-8,13H2;1H. The Morgan fingerprint density at radius 3 is 3.00 bits per heavy atom. The van der Waals surface area contributed by atoms with Gasteiger partial charge in [-0.15, -0.1) is 12.4 Å². The molecule has 1 fully saturated rings. The minimum absolute atomic E-state index is 0.